The van der Waals surface area contributed by atoms with Gasteiger partial charge in [0.1, 0.15) is 0 Å². The summed E-state index contributed by atoms with van der Waals surface area (Å²) in [4.78, 5) is 21.4. The van der Waals surface area contributed by atoms with Crippen LogP contribution in [0.4, 0.5) is 16.2 Å². The summed E-state index contributed by atoms with van der Waals surface area (Å²) in [5, 5.41) is 4.27. The topological polar surface area (TPSA) is 48.5 Å². The molecule has 4 rings (SSSR count). The normalized spacial score (nSPS) is 15.1. The van der Waals surface area contributed by atoms with Gasteiger partial charge in [-0.25, -0.2) is 9.78 Å². The molecule has 3 aromatic rings. The van der Waals surface area contributed by atoms with Crippen molar-refractivity contribution in [2.24, 2.45) is 0 Å². The van der Waals surface area contributed by atoms with Crippen LogP contribution in [0.3, 0.4) is 0 Å². The van der Waals surface area contributed by atoms with Gasteiger partial charge in [0.25, 0.3) is 0 Å². The molecule has 2 aromatic carbocycles. The summed E-state index contributed by atoms with van der Waals surface area (Å²) in [6.07, 6.45) is 1.92. The number of benzene rings is 2. The van der Waals surface area contributed by atoms with Crippen LogP contribution in [0.5, 0.6) is 0 Å². The Balaban J connectivity index is 1.39. The highest BCUT2D eigenvalue weighted by atomic mass is 32.1. The van der Waals surface area contributed by atoms with Crippen molar-refractivity contribution in [1.82, 2.24) is 9.88 Å². The maximum Gasteiger partial charge on any atom is 0.321 e. The number of carbonyl (C=O) groups is 1. The first-order valence-corrected chi connectivity index (χ1v) is 10.1. The van der Waals surface area contributed by atoms with Gasteiger partial charge < -0.3 is 15.1 Å². The average molecular weight is 381 g/mol. The van der Waals surface area contributed by atoms with Gasteiger partial charge >= 0.3 is 6.03 Å². The van der Waals surface area contributed by atoms with Gasteiger partial charge in [-0.2, -0.15) is 0 Å². The minimum Gasteiger partial charge on any atom is -0.376 e. The van der Waals surface area contributed by atoms with Gasteiger partial charge in [0.05, 0.1) is 26.6 Å². The van der Waals surface area contributed by atoms with Crippen LogP contribution in [0.25, 0.3) is 10.2 Å². The lowest BCUT2D eigenvalue weighted by Crippen LogP contribution is -2.40. The van der Waals surface area contributed by atoms with Crippen molar-refractivity contribution in [3.63, 3.8) is 0 Å². The minimum absolute atomic E-state index is 0.0213. The summed E-state index contributed by atoms with van der Waals surface area (Å²) < 4.78 is 1.24. The SMILES string of the molecule is CN(C)c1ccccc1NC(=O)N1CCC(c2nc3ccccc3s2)CC1. The number of thiazole rings is 1. The first-order chi connectivity index (χ1) is 13.1. The molecular weight excluding hydrogens is 356 g/mol. The highest BCUT2D eigenvalue weighted by molar-refractivity contribution is 7.18. The molecule has 140 valence electrons. The molecule has 2 amide bonds. The third-order valence-electron chi connectivity index (χ3n) is 5.07. The molecule has 6 heteroatoms. The van der Waals surface area contributed by atoms with Crippen molar-refractivity contribution < 1.29 is 4.79 Å². The number of anilines is 2. The van der Waals surface area contributed by atoms with E-state index in [4.69, 9.17) is 4.98 Å². The molecule has 1 saturated heterocycles. The number of rotatable bonds is 3. The molecule has 0 unspecified atom stereocenters. The molecule has 0 bridgehead atoms. The first-order valence-electron chi connectivity index (χ1n) is 9.29. The van der Waals surface area contributed by atoms with Crippen LogP contribution in [0.15, 0.2) is 48.5 Å². The molecule has 0 saturated carbocycles. The van der Waals surface area contributed by atoms with Gasteiger partial charge in [-0.15, -0.1) is 11.3 Å². The van der Waals surface area contributed by atoms with Crippen LogP contribution >= 0.6 is 11.3 Å². The summed E-state index contributed by atoms with van der Waals surface area (Å²) in [6.45, 7) is 1.52. The Morgan fingerprint density at radius 1 is 1.11 bits per heavy atom. The van der Waals surface area contributed by atoms with Crippen LogP contribution in [0.2, 0.25) is 0 Å². The van der Waals surface area contributed by atoms with Crippen molar-refractivity contribution in [3.05, 3.63) is 53.5 Å². The fraction of sp³-hybridized carbons (Fsp3) is 0.333. The Bertz CT molecular complexity index is 911. The second kappa shape index (κ2) is 7.56. The molecular formula is C21H24N4OS. The monoisotopic (exact) mass is 380 g/mol. The fourth-order valence-electron chi connectivity index (χ4n) is 3.56. The summed E-state index contributed by atoms with van der Waals surface area (Å²) >= 11 is 1.79. The first kappa shape index (κ1) is 17.8. The van der Waals surface area contributed by atoms with Crippen molar-refractivity contribution in [3.8, 4) is 0 Å². The Labute approximate surface area is 163 Å². The molecule has 1 aliphatic heterocycles. The Hall–Kier alpha value is -2.60. The van der Waals surface area contributed by atoms with E-state index in [1.54, 1.807) is 11.3 Å². The average Bonchev–Trinajstić information content (AvgIpc) is 3.12. The number of piperidine rings is 1. The van der Waals surface area contributed by atoms with Crippen LogP contribution in [0.1, 0.15) is 23.8 Å². The Morgan fingerprint density at radius 3 is 2.56 bits per heavy atom. The number of urea groups is 1. The highest BCUT2D eigenvalue weighted by Gasteiger charge is 2.26. The molecule has 0 aliphatic carbocycles. The molecule has 1 aliphatic rings. The molecule has 1 N–H and O–H groups in total. The number of nitrogens with one attached hydrogen (secondary N) is 1. The van der Waals surface area contributed by atoms with E-state index < -0.39 is 0 Å². The Morgan fingerprint density at radius 2 is 1.81 bits per heavy atom. The smallest absolute Gasteiger partial charge is 0.321 e. The lowest BCUT2D eigenvalue weighted by Gasteiger charge is -2.31. The molecule has 27 heavy (non-hydrogen) atoms. The quantitative estimate of drug-likeness (QED) is 0.712. The number of likely N-dealkylation sites (tertiary alicyclic amines) is 1. The summed E-state index contributed by atoms with van der Waals surface area (Å²) in [7, 11) is 3.96. The summed E-state index contributed by atoms with van der Waals surface area (Å²) in [5.41, 5.74) is 2.94. The molecule has 0 atom stereocenters. The molecule has 0 spiro atoms. The number of carbonyl (C=O) groups excluding carboxylic acids is 1. The predicted molar refractivity (Wildman–Crippen MR) is 113 cm³/mol. The second-order valence-electron chi connectivity index (χ2n) is 7.12. The third kappa shape index (κ3) is 3.76. The van der Waals surface area contributed by atoms with Crippen molar-refractivity contribution in [2.75, 3.05) is 37.4 Å². The maximum atomic E-state index is 12.7. The third-order valence-corrected chi connectivity index (χ3v) is 6.27. The zero-order chi connectivity index (χ0) is 18.8. The van der Waals surface area contributed by atoms with E-state index in [2.05, 4.69) is 23.5 Å². The number of para-hydroxylation sites is 3. The second-order valence-corrected chi connectivity index (χ2v) is 8.19. The minimum atomic E-state index is -0.0213. The molecule has 0 radical (unpaired) electrons. The van der Waals surface area contributed by atoms with E-state index >= 15 is 0 Å². The summed E-state index contributed by atoms with van der Waals surface area (Å²) in [5.74, 6) is 0.445. The summed E-state index contributed by atoms with van der Waals surface area (Å²) in [6, 6.07) is 16.1. The van der Waals surface area contributed by atoms with Gasteiger partial charge in [-0.05, 0) is 37.1 Å². The standard InChI is InChI=1S/C21H24N4OS/c1-24(2)18-9-5-3-7-16(18)23-21(26)25-13-11-15(12-14-25)20-22-17-8-4-6-10-19(17)27-20/h3-10,15H,11-14H2,1-2H3,(H,23,26). The Kier molecular flexibility index (Phi) is 4.99. The zero-order valence-electron chi connectivity index (χ0n) is 15.7. The number of nitrogens with zero attached hydrogens (tertiary/aromatic N) is 3. The van der Waals surface area contributed by atoms with E-state index in [-0.39, 0.29) is 6.03 Å². The van der Waals surface area contributed by atoms with Gasteiger partial charge in [0.15, 0.2) is 0 Å². The number of amides is 2. The highest BCUT2D eigenvalue weighted by Crippen LogP contribution is 2.34. The van der Waals surface area contributed by atoms with Crippen molar-refractivity contribution in [1.29, 1.82) is 0 Å². The van der Waals surface area contributed by atoms with E-state index in [9.17, 15) is 4.79 Å². The number of aromatic nitrogens is 1. The lowest BCUT2D eigenvalue weighted by atomic mass is 9.98. The van der Waals surface area contributed by atoms with Crippen LogP contribution in [0, 0.1) is 0 Å². The lowest BCUT2D eigenvalue weighted by molar-refractivity contribution is 0.194. The molecule has 2 heterocycles. The maximum absolute atomic E-state index is 12.7. The number of hydrogen-bond donors (Lipinski definition) is 1. The number of fused-ring (bicyclic) bond motifs is 1. The van der Waals surface area contributed by atoms with Gasteiger partial charge in [0.2, 0.25) is 0 Å². The molecule has 1 fully saturated rings. The zero-order valence-corrected chi connectivity index (χ0v) is 16.5. The van der Waals surface area contributed by atoms with Gasteiger partial charge in [-0.3, -0.25) is 0 Å². The van der Waals surface area contributed by atoms with Crippen LogP contribution in [-0.4, -0.2) is 43.1 Å². The van der Waals surface area contributed by atoms with E-state index in [0.717, 1.165) is 42.8 Å². The van der Waals surface area contributed by atoms with E-state index in [0.29, 0.717) is 5.92 Å². The molecule has 5 nitrogen and oxygen atoms in total. The van der Waals surface area contributed by atoms with Crippen LogP contribution < -0.4 is 10.2 Å². The van der Waals surface area contributed by atoms with E-state index in [1.807, 2.05) is 54.2 Å². The molecule has 1 aromatic heterocycles. The largest absolute Gasteiger partial charge is 0.376 e. The van der Waals surface area contributed by atoms with Crippen molar-refractivity contribution in [2.45, 2.75) is 18.8 Å². The van der Waals surface area contributed by atoms with Crippen molar-refractivity contribution >= 4 is 39.0 Å². The van der Waals surface area contributed by atoms with Gasteiger partial charge in [-0.1, -0.05) is 24.3 Å². The van der Waals surface area contributed by atoms with Crippen LogP contribution in [-0.2, 0) is 0 Å². The van der Waals surface area contributed by atoms with E-state index in [1.165, 1.54) is 9.71 Å². The fourth-order valence-corrected chi connectivity index (χ4v) is 4.69. The number of hydrogen-bond acceptors (Lipinski definition) is 4. The predicted octanol–water partition coefficient (Wildman–Crippen LogP) is 4.77. The van der Waals surface area contributed by atoms with Gasteiger partial charge in [0, 0.05) is 33.1 Å².